The van der Waals surface area contributed by atoms with Crippen LogP contribution in [0.3, 0.4) is 0 Å². The minimum Gasteiger partial charge on any atom is -0.354 e. The maximum atomic E-state index is 13.0. The van der Waals surface area contributed by atoms with Gasteiger partial charge in [-0.1, -0.05) is 41.1 Å². The van der Waals surface area contributed by atoms with Gasteiger partial charge in [0.25, 0.3) is 0 Å². The summed E-state index contributed by atoms with van der Waals surface area (Å²) in [7, 11) is 1.95. The Morgan fingerprint density at radius 3 is 2.51 bits per heavy atom. The fourth-order valence-electron chi connectivity index (χ4n) is 3.42. The van der Waals surface area contributed by atoms with E-state index >= 15 is 0 Å². The van der Waals surface area contributed by atoms with Gasteiger partial charge >= 0.3 is 6.18 Å². The highest BCUT2D eigenvalue weighted by atomic mass is 35.5. The Balaban J connectivity index is 1.55. The van der Waals surface area contributed by atoms with E-state index in [-0.39, 0.29) is 16.5 Å². The molecule has 0 aliphatic rings. The first-order valence-electron chi connectivity index (χ1n) is 10.5. The van der Waals surface area contributed by atoms with E-state index in [2.05, 4.69) is 15.5 Å². The maximum Gasteiger partial charge on any atom is 0.416 e. The second kappa shape index (κ2) is 10.2. The first kappa shape index (κ1) is 24.9. The van der Waals surface area contributed by atoms with Gasteiger partial charge in [0.1, 0.15) is 5.82 Å². The predicted molar refractivity (Wildman–Crippen MR) is 130 cm³/mol. The van der Waals surface area contributed by atoms with E-state index in [1.807, 2.05) is 65.7 Å². The Kier molecular flexibility index (Phi) is 7.23. The first-order chi connectivity index (χ1) is 16.6. The molecule has 1 N–H and O–H groups in total. The van der Waals surface area contributed by atoms with Crippen LogP contribution in [0.5, 0.6) is 0 Å². The minimum atomic E-state index is -4.54. The van der Waals surface area contributed by atoms with Crippen LogP contribution in [0.4, 0.5) is 18.9 Å². The van der Waals surface area contributed by atoms with Gasteiger partial charge in [0.05, 0.1) is 22.0 Å². The average molecular weight is 520 g/mol. The fraction of sp³-hybridized carbons (Fsp3) is 0.208. The van der Waals surface area contributed by atoms with Crippen molar-refractivity contribution < 1.29 is 18.0 Å². The Hall–Kier alpha value is -3.24. The number of hydrogen-bond acceptors (Lipinski definition) is 4. The van der Waals surface area contributed by atoms with Crippen LogP contribution in [-0.4, -0.2) is 31.0 Å². The van der Waals surface area contributed by atoms with Crippen LogP contribution in [0.2, 0.25) is 5.02 Å². The number of aryl methyl sites for hydroxylation is 2. The monoisotopic (exact) mass is 519 g/mol. The Morgan fingerprint density at radius 2 is 1.86 bits per heavy atom. The molecule has 11 heteroatoms. The third-order valence-electron chi connectivity index (χ3n) is 5.28. The topological polar surface area (TPSA) is 64.7 Å². The van der Waals surface area contributed by atoms with E-state index in [0.29, 0.717) is 17.4 Å². The van der Waals surface area contributed by atoms with Crippen molar-refractivity contribution in [2.75, 3.05) is 11.1 Å². The summed E-state index contributed by atoms with van der Waals surface area (Å²) in [4.78, 5) is 12.6. The number of nitrogens with one attached hydrogen (secondary N) is 1. The van der Waals surface area contributed by atoms with Crippen LogP contribution in [0.1, 0.15) is 22.6 Å². The molecule has 0 atom stereocenters. The molecule has 0 fully saturated rings. The third-order valence-corrected chi connectivity index (χ3v) is 6.54. The van der Waals surface area contributed by atoms with Crippen LogP contribution in [0.15, 0.2) is 66.0 Å². The summed E-state index contributed by atoms with van der Waals surface area (Å²) in [5.74, 6) is 0.0823. The van der Waals surface area contributed by atoms with Gasteiger partial charge in [0, 0.05) is 31.0 Å². The number of amides is 1. The molecule has 0 saturated carbocycles. The van der Waals surface area contributed by atoms with Gasteiger partial charge in [-0.05, 0) is 49.4 Å². The van der Waals surface area contributed by atoms with Crippen molar-refractivity contribution in [3.63, 3.8) is 0 Å². The molecule has 0 spiro atoms. The lowest BCUT2D eigenvalue weighted by molar-refractivity contribution is -0.137. The molecular formula is C24H21ClF3N5OS. The lowest BCUT2D eigenvalue weighted by Gasteiger charge is -2.12. The Labute approximate surface area is 209 Å². The quantitative estimate of drug-likeness (QED) is 0.308. The van der Waals surface area contributed by atoms with E-state index in [4.69, 9.17) is 11.6 Å². The van der Waals surface area contributed by atoms with E-state index < -0.39 is 17.6 Å². The summed E-state index contributed by atoms with van der Waals surface area (Å²) >= 11 is 7.12. The second-order valence-electron chi connectivity index (χ2n) is 7.89. The standard InChI is InChI=1S/C24H21ClF3N5OS/c1-15-5-8-17(9-6-15)33-21(13-18-4-3-11-32(18)2)30-31-23(33)35-14-22(34)29-20-12-16(24(26,27)28)7-10-19(20)25/h3-12H,13-14H2,1-2H3,(H,29,34). The van der Waals surface area contributed by atoms with E-state index in [9.17, 15) is 18.0 Å². The summed E-state index contributed by atoms with van der Waals surface area (Å²) in [6, 6.07) is 14.6. The van der Waals surface area contributed by atoms with Gasteiger partial charge < -0.3 is 9.88 Å². The highest BCUT2D eigenvalue weighted by Crippen LogP contribution is 2.34. The number of carbonyl (C=O) groups is 1. The zero-order valence-corrected chi connectivity index (χ0v) is 20.4. The van der Waals surface area contributed by atoms with Crippen LogP contribution >= 0.6 is 23.4 Å². The number of thioether (sulfide) groups is 1. The van der Waals surface area contributed by atoms with Crippen molar-refractivity contribution in [1.82, 2.24) is 19.3 Å². The molecule has 4 aromatic rings. The molecule has 0 aliphatic carbocycles. The van der Waals surface area contributed by atoms with Gasteiger partial charge in [0.15, 0.2) is 5.16 Å². The zero-order chi connectivity index (χ0) is 25.2. The third kappa shape index (κ3) is 5.88. The van der Waals surface area contributed by atoms with Crippen LogP contribution in [0.25, 0.3) is 5.69 Å². The number of hydrogen-bond donors (Lipinski definition) is 1. The van der Waals surface area contributed by atoms with Gasteiger partial charge in [-0.15, -0.1) is 10.2 Å². The summed E-state index contributed by atoms with van der Waals surface area (Å²) in [6.45, 7) is 1.99. The van der Waals surface area contributed by atoms with Gasteiger partial charge in [-0.25, -0.2) is 0 Å². The van der Waals surface area contributed by atoms with Crippen LogP contribution in [-0.2, 0) is 24.4 Å². The predicted octanol–water partition coefficient (Wildman–Crippen LogP) is 5.91. The van der Waals surface area contributed by atoms with Crippen molar-refractivity contribution in [3.05, 3.63) is 88.5 Å². The summed E-state index contributed by atoms with van der Waals surface area (Å²) in [5, 5.41) is 11.6. The number of aromatic nitrogens is 4. The molecule has 2 heterocycles. The number of carbonyl (C=O) groups excluding carboxylic acids is 1. The Morgan fingerprint density at radius 1 is 1.11 bits per heavy atom. The smallest absolute Gasteiger partial charge is 0.354 e. The normalized spacial score (nSPS) is 11.6. The highest BCUT2D eigenvalue weighted by Gasteiger charge is 2.31. The lowest BCUT2D eigenvalue weighted by atomic mass is 10.2. The average Bonchev–Trinajstić information content (AvgIpc) is 3.40. The van der Waals surface area contributed by atoms with Crippen molar-refractivity contribution in [2.24, 2.45) is 7.05 Å². The number of halogens is 4. The summed E-state index contributed by atoms with van der Waals surface area (Å²) in [5.41, 5.74) is 1.98. The minimum absolute atomic E-state index is 0.0176. The van der Waals surface area contributed by atoms with Crippen molar-refractivity contribution in [1.29, 1.82) is 0 Å². The molecule has 2 aromatic heterocycles. The van der Waals surface area contributed by atoms with E-state index in [1.165, 1.54) is 0 Å². The molecule has 1 amide bonds. The number of nitrogens with zero attached hydrogens (tertiary/aromatic N) is 4. The molecule has 0 aliphatic heterocycles. The number of alkyl halides is 3. The fourth-order valence-corrected chi connectivity index (χ4v) is 4.35. The van der Waals surface area contributed by atoms with Gasteiger partial charge in [-0.3, -0.25) is 9.36 Å². The zero-order valence-electron chi connectivity index (χ0n) is 18.8. The lowest BCUT2D eigenvalue weighted by Crippen LogP contribution is -2.16. The molecule has 0 bridgehead atoms. The molecular weight excluding hydrogens is 499 g/mol. The van der Waals surface area contributed by atoms with E-state index in [1.54, 1.807) is 0 Å². The summed E-state index contributed by atoms with van der Waals surface area (Å²) < 4.78 is 42.9. The number of rotatable bonds is 7. The van der Waals surface area contributed by atoms with Gasteiger partial charge in [-0.2, -0.15) is 13.2 Å². The molecule has 0 saturated heterocycles. The second-order valence-corrected chi connectivity index (χ2v) is 9.24. The van der Waals surface area contributed by atoms with Crippen molar-refractivity contribution in [3.8, 4) is 5.69 Å². The molecule has 0 unspecified atom stereocenters. The largest absolute Gasteiger partial charge is 0.416 e. The molecule has 2 aromatic carbocycles. The molecule has 35 heavy (non-hydrogen) atoms. The van der Waals surface area contributed by atoms with Crippen LogP contribution in [0, 0.1) is 6.92 Å². The SMILES string of the molecule is Cc1ccc(-n2c(Cc3cccn3C)nnc2SCC(=O)Nc2cc(C(F)(F)F)ccc2Cl)cc1. The van der Waals surface area contributed by atoms with Crippen molar-refractivity contribution >= 4 is 35.0 Å². The number of benzene rings is 2. The molecule has 0 radical (unpaired) electrons. The Bertz CT molecular complexity index is 1350. The number of anilines is 1. The van der Waals surface area contributed by atoms with Gasteiger partial charge in [0.2, 0.25) is 5.91 Å². The van der Waals surface area contributed by atoms with Crippen LogP contribution < -0.4 is 5.32 Å². The highest BCUT2D eigenvalue weighted by molar-refractivity contribution is 7.99. The van der Waals surface area contributed by atoms with E-state index in [0.717, 1.165) is 46.9 Å². The van der Waals surface area contributed by atoms with Crippen molar-refractivity contribution in [2.45, 2.75) is 24.7 Å². The molecule has 6 nitrogen and oxygen atoms in total. The summed E-state index contributed by atoms with van der Waals surface area (Å²) in [6.07, 6.45) is -2.07. The molecule has 182 valence electrons. The first-order valence-corrected chi connectivity index (χ1v) is 11.9. The molecule has 4 rings (SSSR count). The maximum absolute atomic E-state index is 13.0.